The van der Waals surface area contributed by atoms with E-state index in [0.717, 1.165) is 5.57 Å². The van der Waals surface area contributed by atoms with Crippen LogP contribution in [0.1, 0.15) is 6.92 Å². The monoisotopic (exact) mass is 292 g/mol. The average Bonchev–Trinajstić information content (AvgIpc) is 2.41. The Morgan fingerprint density at radius 3 is 1.89 bits per heavy atom. The maximum Gasteiger partial charge on any atom is 0 e. The van der Waals surface area contributed by atoms with Crippen LogP contribution in [-0.2, 0) is 40.6 Å². The maximum absolute atomic E-state index is 10.3. The minimum atomic E-state index is -0.279. The second-order valence-electron chi connectivity index (χ2n) is 1.98. The molecule has 98 valence electrons. The van der Waals surface area contributed by atoms with Gasteiger partial charge in [-0.2, -0.15) is 0 Å². The molecule has 6 heteroatoms. The van der Waals surface area contributed by atoms with Gasteiger partial charge in [0.25, 0.3) is 0 Å². The van der Waals surface area contributed by atoms with E-state index in [0.29, 0.717) is 6.61 Å². The van der Waals surface area contributed by atoms with E-state index in [4.69, 9.17) is 14.0 Å². The van der Waals surface area contributed by atoms with Crippen molar-refractivity contribution in [3.05, 3.63) is 56.9 Å². The summed E-state index contributed by atoms with van der Waals surface area (Å²) in [5.74, 6) is -0.279. The molecule has 0 unspecified atom stereocenters. The first-order chi connectivity index (χ1) is 8.16. The molecule has 18 heavy (non-hydrogen) atoms. The van der Waals surface area contributed by atoms with E-state index in [-0.39, 0.29) is 23.0 Å². The molecule has 0 radical (unpaired) electrons. The van der Waals surface area contributed by atoms with E-state index in [1.165, 1.54) is 6.92 Å². The van der Waals surface area contributed by atoms with Gasteiger partial charge in [-0.05, 0) is 11.6 Å². The first-order valence-corrected chi connectivity index (χ1v) is 3.89. The van der Waals surface area contributed by atoms with Gasteiger partial charge in [-0.3, -0.25) is 4.79 Å². The Bertz CT molecular complexity index is 285. The summed E-state index contributed by atoms with van der Waals surface area (Å²) in [6, 6.07) is 0. The van der Waals surface area contributed by atoms with Crippen LogP contribution in [0.2, 0.25) is 0 Å². The molecule has 0 spiro atoms. The van der Waals surface area contributed by atoms with Crippen molar-refractivity contribution in [2.24, 2.45) is 0 Å². The quantitative estimate of drug-likeness (QED) is 0.260. The molecule has 0 aliphatic heterocycles. The van der Waals surface area contributed by atoms with Gasteiger partial charge in [0.05, 0.1) is 0 Å². The fourth-order valence-electron chi connectivity index (χ4n) is 0.433. The molecule has 0 N–H and O–H groups in total. The standard InChI is InChI=1S/C9H12O2.3CO.Fe/c1-4-8(2)6-5-7-11-9(3)10;3*1-2;/h4-6H,1-2,7H2,3H3;;;;/b6-5+;;;;. The van der Waals surface area contributed by atoms with Crippen LogP contribution in [0.25, 0.3) is 0 Å². The molecule has 0 aromatic carbocycles. The molecule has 0 aliphatic carbocycles. The number of allylic oxidation sites excluding steroid dienone is 3. The molecular formula is C12H12FeO5. The number of hydrogen-bond acceptors (Lipinski definition) is 2. The molecule has 0 aromatic rings. The number of carbonyl (C=O) groups excluding carboxylic acids is 1. The molecular weight excluding hydrogens is 280 g/mol. The van der Waals surface area contributed by atoms with Crippen molar-refractivity contribution in [3.8, 4) is 0 Å². The van der Waals surface area contributed by atoms with Gasteiger partial charge in [-0.25, -0.2) is 0 Å². The van der Waals surface area contributed by atoms with Crippen LogP contribution in [-0.4, -0.2) is 12.6 Å². The Labute approximate surface area is 117 Å². The van der Waals surface area contributed by atoms with E-state index < -0.39 is 0 Å². The molecule has 0 heterocycles. The van der Waals surface area contributed by atoms with Gasteiger partial charge in [0, 0.05) is 24.0 Å². The Hall–Kier alpha value is -1.57. The minimum absolute atomic E-state index is 0. The molecule has 0 fully saturated rings. The van der Waals surface area contributed by atoms with E-state index in [9.17, 15) is 4.79 Å². The number of carbonyl (C=O) groups is 1. The number of ether oxygens (including phenoxy) is 1. The van der Waals surface area contributed by atoms with Crippen LogP contribution in [0.5, 0.6) is 0 Å². The zero-order valence-corrected chi connectivity index (χ0v) is 10.9. The van der Waals surface area contributed by atoms with Crippen molar-refractivity contribution < 1.29 is 40.6 Å². The normalized spacial score (nSPS) is 6.17. The van der Waals surface area contributed by atoms with Gasteiger partial charge in [-0.1, -0.05) is 25.3 Å². The van der Waals surface area contributed by atoms with Crippen molar-refractivity contribution in [2.75, 3.05) is 6.61 Å². The SMILES string of the molecule is C=CC(=C)/C=C/COC(C)=O.[C-]#[O+].[C-]#[O+].[C-]#[O+].[Fe]. The molecule has 0 amide bonds. The zero-order valence-electron chi connectivity index (χ0n) is 9.75. The van der Waals surface area contributed by atoms with Crippen molar-refractivity contribution in [3.63, 3.8) is 0 Å². The predicted molar refractivity (Wildman–Crippen MR) is 56.9 cm³/mol. The first-order valence-electron chi connectivity index (χ1n) is 3.89. The van der Waals surface area contributed by atoms with Crippen LogP contribution in [0.3, 0.4) is 0 Å². The van der Waals surface area contributed by atoms with Crippen molar-refractivity contribution in [1.82, 2.24) is 0 Å². The summed E-state index contributed by atoms with van der Waals surface area (Å²) >= 11 is 0. The summed E-state index contributed by atoms with van der Waals surface area (Å²) in [5.41, 5.74) is 0.803. The Morgan fingerprint density at radius 1 is 1.22 bits per heavy atom. The second-order valence-corrected chi connectivity index (χ2v) is 1.98. The number of rotatable bonds is 4. The van der Waals surface area contributed by atoms with E-state index in [2.05, 4.69) is 37.8 Å². The third-order valence-electron chi connectivity index (χ3n) is 0.977. The molecule has 0 aromatic heterocycles. The van der Waals surface area contributed by atoms with Crippen LogP contribution in [0, 0.1) is 20.0 Å². The topological polar surface area (TPSA) is 86.0 Å². The summed E-state index contributed by atoms with van der Waals surface area (Å²) in [6.45, 7) is 22.3. The van der Waals surface area contributed by atoms with Crippen LogP contribution in [0.15, 0.2) is 37.0 Å². The summed E-state index contributed by atoms with van der Waals surface area (Å²) in [6.07, 6.45) is 5.09. The summed E-state index contributed by atoms with van der Waals surface area (Å²) in [7, 11) is 0. The molecule has 0 rings (SSSR count). The van der Waals surface area contributed by atoms with E-state index >= 15 is 0 Å². The fourth-order valence-corrected chi connectivity index (χ4v) is 0.433. The number of esters is 1. The summed E-state index contributed by atoms with van der Waals surface area (Å²) in [5, 5.41) is 0. The molecule has 0 atom stereocenters. The Kier molecular flexibility index (Phi) is 60.1. The van der Waals surface area contributed by atoms with Crippen LogP contribution in [0.4, 0.5) is 0 Å². The third-order valence-corrected chi connectivity index (χ3v) is 0.977. The van der Waals surface area contributed by atoms with Gasteiger partial charge >= 0.3 is 39.9 Å². The summed E-state index contributed by atoms with van der Waals surface area (Å²) in [4.78, 5) is 10.3. The molecule has 5 nitrogen and oxygen atoms in total. The molecule has 0 saturated heterocycles. The van der Waals surface area contributed by atoms with Gasteiger partial charge in [-0.15, -0.1) is 0 Å². The molecule has 0 aliphatic rings. The minimum Gasteiger partial charge on any atom is 0 e. The molecule has 0 saturated carbocycles. The van der Waals surface area contributed by atoms with Crippen molar-refractivity contribution in [2.45, 2.75) is 6.92 Å². The van der Waals surface area contributed by atoms with Gasteiger partial charge < -0.3 is 4.74 Å². The fraction of sp³-hybridized carbons (Fsp3) is 0.167. The van der Waals surface area contributed by atoms with Crippen molar-refractivity contribution in [1.29, 1.82) is 0 Å². The Morgan fingerprint density at radius 2 is 1.61 bits per heavy atom. The van der Waals surface area contributed by atoms with Crippen LogP contribution < -0.4 is 0 Å². The number of hydrogen-bond donors (Lipinski definition) is 0. The molecule has 0 bridgehead atoms. The second kappa shape index (κ2) is 36.1. The smallest absolute Gasteiger partial charge is 0 e. The van der Waals surface area contributed by atoms with E-state index in [1.54, 1.807) is 18.2 Å². The van der Waals surface area contributed by atoms with Gasteiger partial charge in [0.1, 0.15) is 6.61 Å². The first kappa shape index (κ1) is 29.9. The zero-order chi connectivity index (χ0) is 14.7. The largest absolute Gasteiger partial charge is 0 e. The predicted octanol–water partition coefficient (Wildman–Crippen LogP) is 1.73. The van der Waals surface area contributed by atoms with Crippen molar-refractivity contribution >= 4 is 5.97 Å². The van der Waals surface area contributed by atoms with E-state index in [1.807, 2.05) is 0 Å². The maximum atomic E-state index is 10.3. The van der Waals surface area contributed by atoms with Crippen LogP contribution >= 0.6 is 0 Å². The third kappa shape index (κ3) is 47.1. The van der Waals surface area contributed by atoms with Gasteiger partial charge in [0.2, 0.25) is 0 Å². The average molecular weight is 292 g/mol. The van der Waals surface area contributed by atoms with Gasteiger partial charge in [0.15, 0.2) is 0 Å². The summed E-state index contributed by atoms with van der Waals surface area (Å²) < 4.78 is 27.1. The Balaban J connectivity index is -0.0000000700.